The Bertz CT molecular complexity index is 510. The van der Waals surface area contributed by atoms with E-state index in [0.717, 1.165) is 16.0 Å². The molecule has 0 aliphatic carbocycles. The summed E-state index contributed by atoms with van der Waals surface area (Å²) in [5, 5.41) is 8.91. The molecule has 1 nitrogen and oxygen atoms in total. The number of hydrogen-bond acceptors (Lipinski definition) is 3. The quantitative estimate of drug-likeness (QED) is 0.662. The molecule has 1 aromatic carbocycles. The first-order chi connectivity index (χ1) is 6.24. The summed E-state index contributed by atoms with van der Waals surface area (Å²) in [6.45, 7) is 0. The van der Waals surface area contributed by atoms with Gasteiger partial charge in [-0.05, 0) is 6.07 Å². The molecule has 1 heterocycles. The van der Waals surface area contributed by atoms with Crippen LogP contribution in [0.1, 0.15) is 5.56 Å². The van der Waals surface area contributed by atoms with Crippen molar-refractivity contribution in [3.05, 3.63) is 28.9 Å². The highest BCUT2D eigenvalue weighted by Gasteiger charge is 2.12. The van der Waals surface area contributed by atoms with Gasteiger partial charge < -0.3 is 0 Å². The van der Waals surface area contributed by atoms with Crippen LogP contribution >= 0.6 is 24.0 Å². The predicted molar refractivity (Wildman–Crippen MR) is 53.8 cm³/mol. The Morgan fingerprint density at radius 3 is 2.92 bits per heavy atom. The molecule has 0 saturated carbocycles. The summed E-state index contributed by atoms with van der Waals surface area (Å²) < 4.78 is 13.9. The zero-order valence-electron chi connectivity index (χ0n) is 6.41. The van der Waals surface area contributed by atoms with E-state index in [1.165, 1.54) is 0 Å². The fourth-order valence-electron chi connectivity index (χ4n) is 1.18. The minimum Gasteiger partial charge on any atom is -0.194 e. The van der Waals surface area contributed by atoms with Crippen molar-refractivity contribution in [3.63, 3.8) is 0 Å². The van der Waals surface area contributed by atoms with Crippen LogP contribution in [0.4, 0.5) is 4.39 Å². The summed E-state index contributed by atoms with van der Waals surface area (Å²) in [6, 6.07) is 7.12. The van der Waals surface area contributed by atoms with E-state index in [4.69, 9.17) is 5.26 Å². The van der Waals surface area contributed by atoms with Gasteiger partial charge in [0.05, 0.1) is 4.70 Å². The molecule has 0 unspecified atom stereocenters. The van der Waals surface area contributed by atoms with E-state index in [0.29, 0.717) is 10.3 Å². The lowest BCUT2D eigenvalue weighted by molar-refractivity contribution is 0.655. The van der Waals surface area contributed by atoms with Crippen molar-refractivity contribution in [2.75, 3.05) is 0 Å². The first-order valence-corrected chi connectivity index (χ1v) is 4.80. The molecule has 0 saturated heterocycles. The average molecular weight is 209 g/mol. The van der Waals surface area contributed by atoms with Crippen molar-refractivity contribution in [2.45, 2.75) is 4.90 Å². The van der Waals surface area contributed by atoms with Gasteiger partial charge in [-0.3, -0.25) is 0 Å². The summed E-state index contributed by atoms with van der Waals surface area (Å²) >= 11 is 5.15. The third-order valence-electron chi connectivity index (χ3n) is 1.76. The molecule has 13 heavy (non-hydrogen) atoms. The lowest BCUT2D eigenvalue weighted by Gasteiger charge is -1.91. The van der Waals surface area contributed by atoms with Gasteiger partial charge in [-0.25, -0.2) is 0 Å². The van der Waals surface area contributed by atoms with Gasteiger partial charge in [0.25, 0.3) is 0 Å². The molecule has 2 rings (SSSR count). The van der Waals surface area contributed by atoms with Gasteiger partial charge in [-0.15, -0.1) is 24.0 Å². The number of rotatable bonds is 0. The molecule has 0 aliphatic rings. The van der Waals surface area contributed by atoms with Gasteiger partial charge in [0, 0.05) is 10.3 Å². The number of benzene rings is 1. The summed E-state index contributed by atoms with van der Waals surface area (Å²) in [5.41, 5.74) is 0.121. The van der Waals surface area contributed by atoms with Crippen LogP contribution in [-0.4, -0.2) is 0 Å². The normalized spacial score (nSPS) is 10.2. The van der Waals surface area contributed by atoms with Gasteiger partial charge in [0.1, 0.15) is 11.6 Å². The molecule has 0 spiro atoms. The fraction of sp³-hybridized carbons (Fsp3) is 0. The van der Waals surface area contributed by atoms with E-state index in [-0.39, 0.29) is 5.56 Å². The summed E-state index contributed by atoms with van der Waals surface area (Å²) in [5.74, 6) is 0. The highest BCUT2D eigenvalue weighted by atomic mass is 32.1. The van der Waals surface area contributed by atoms with E-state index < -0.39 is 5.13 Å². The molecule has 0 aliphatic heterocycles. The van der Waals surface area contributed by atoms with Crippen molar-refractivity contribution in [1.82, 2.24) is 0 Å². The molecule has 0 atom stereocenters. The summed E-state index contributed by atoms with van der Waals surface area (Å²) in [4.78, 5) is 0.711. The molecule has 4 heteroatoms. The highest BCUT2D eigenvalue weighted by Crippen LogP contribution is 2.33. The first kappa shape index (κ1) is 8.54. The second kappa shape index (κ2) is 3.02. The van der Waals surface area contributed by atoms with Crippen LogP contribution in [0.15, 0.2) is 23.1 Å². The van der Waals surface area contributed by atoms with E-state index in [1.807, 2.05) is 6.07 Å². The lowest BCUT2D eigenvalue weighted by atomic mass is 10.2. The number of halogens is 1. The van der Waals surface area contributed by atoms with Crippen molar-refractivity contribution in [3.8, 4) is 6.07 Å². The van der Waals surface area contributed by atoms with Crippen molar-refractivity contribution in [1.29, 1.82) is 5.26 Å². The zero-order valence-corrected chi connectivity index (χ0v) is 8.12. The van der Waals surface area contributed by atoms with Crippen LogP contribution in [0.2, 0.25) is 0 Å². The molecule has 2 aromatic rings. The second-order valence-electron chi connectivity index (χ2n) is 2.52. The SMILES string of the molecule is N#Cc1c(F)sc2c(S)cccc12. The smallest absolute Gasteiger partial charge is 0.194 e. The number of nitrogens with zero attached hydrogens (tertiary/aromatic N) is 1. The number of nitriles is 1. The topological polar surface area (TPSA) is 23.8 Å². The maximum atomic E-state index is 13.1. The monoisotopic (exact) mass is 209 g/mol. The average Bonchev–Trinajstić information content (AvgIpc) is 2.43. The molecule has 0 fully saturated rings. The minimum atomic E-state index is -0.431. The molecule has 0 N–H and O–H groups in total. The van der Waals surface area contributed by atoms with Crippen LogP contribution in [0.5, 0.6) is 0 Å². The van der Waals surface area contributed by atoms with Gasteiger partial charge in [0.2, 0.25) is 0 Å². The number of thiol groups is 1. The Morgan fingerprint density at radius 2 is 2.23 bits per heavy atom. The maximum Gasteiger partial charge on any atom is 0.195 e. The Morgan fingerprint density at radius 1 is 1.46 bits per heavy atom. The fourth-order valence-corrected chi connectivity index (χ4v) is 2.41. The van der Waals surface area contributed by atoms with Crippen molar-refractivity contribution in [2.24, 2.45) is 0 Å². The van der Waals surface area contributed by atoms with E-state index >= 15 is 0 Å². The van der Waals surface area contributed by atoms with Crippen LogP contribution in [-0.2, 0) is 0 Å². The van der Waals surface area contributed by atoms with Crippen molar-refractivity contribution < 1.29 is 4.39 Å². The van der Waals surface area contributed by atoms with Crippen LogP contribution in [0, 0.1) is 16.5 Å². The Hall–Kier alpha value is -1.05. The maximum absolute atomic E-state index is 13.1. The van der Waals surface area contributed by atoms with Crippen LogP contribution in [0.25, 0.3) is 10.1 Å². The number of hydrogen-bond donors (Lipinski definition) is 1. The highest BCUT2D eigenvalue weighted by molar-refractivity contribution is 7.80. The Kier molecular flexibility index (Phi) is 1.98. The third kappa shape index (κ3) is 1.21. The molecular weight excluding hydrogens is 205 g/mol. The van der Waals surface area contributed by atoms with Crippen LogP contribution in [0.3, 0.4) is 0 Å². The molecule has 0 bridgehead atoms. The van der Waals surface area contributed by atoms with E-state index in [1.54, 1.807) is 18.2 Å². The number of fused-ring (bicyclic) bond motifs is 1. The van der Waals surface area contributed by atoms with E-state index in [2.05, 4.69) is 12.6 Å². The van der Waals surface area contributed by atoms with Gasteiger partial charge >= 0.3 is 0 Å². The first-order valence-electron chi connectivity index (χ1n) is 3.54. The molecule has 0 amide bonds. The molecule has 1 aromatic heterocycles. The largest absolute Gasteiger partial charge is 0.195 e. The Labute approximate surface area is 83.8 Å². The van der Waals surface area contributed by atoms with Crippen molar-refractivity contribution >= 4 is 34.1 Å². The second-order valence-corrected chi connectivity index (χ2v) is 3.97. The van der Waals surface area contributed by atoms with Gasteiger partial charge in [0.15, 0.2) is 5.13 Å². The number of thiophene rings is 1. The molecule has 64 valence electrons. The van der Waals surface area contributed by atoms with Gasteiger partial charge in [-0.2, -0.15) is 9.65 Å². The third-order valence-corrected chi connectivity index (χ3v) is 3.31. The lowest BCUT2D eigenvalue weighted by Crippen LogP contribution is -1.73. The Balaban J connectivity index is 2.96. The van der Waals surface area contributed by atoms with Crippen LogP contribution < -0.4 is 0 Å². The summed E-state index contributed by atoms with van der Waals surface area (Å²) in [6.07, 6.45) is 0. The molecular formula is C9H4FNS2. The summed E-state index contributed by atoms with van der Waals surface area (Å²) in [7, 11) is 0. The predicted octanol–water partition coefficient (Wildman–Crippen LogP) is 3.20. The van der Waals surface area contributed by atoms with Gasteiger partial charge in [-0.1, -0.05) is 12.1 Å². The standard InChI is InChI=1S/C9H4FNS2/c10-9-6(4-11)5-2-1-3-7(12)8(5)13-9/h1-3,12H. The minimum absolute atomic E-state index is 0.121. The molecule has 0 radical (unpaired) electrons. The van der Waals surface area contributed by atoms with E-state index in [9.17, 15) is 4.39 Å². The zero-order chi connectivity index (χ0) is 9.42.